The molecule has 0 aliphatic carbocycles. The minimum Gasteiger partial charge on any atom is -0.465 e. The molecule has 9 heteroatoms. The third-order valence-electron chi connectivity index (χ3n) is 5.35. The van der Waals surface area contributed by atoms with Gasteiger partial charge in [-0.3, -0.25) is 9.48 Å². The number of para-hydroxylation sites is 1. The first-order chi connectivity index (χ1) is 14.5. The SMILES string of the molecule is COC(=O)c1ccccc1-n1ncc(N2CCC(Cc3cnn(C)c3)C2)c(Cl)c1=O. The van der Waals surface area contributed by atoms with Crippen molar-refractivity contribution in [2.75, 3.05) is 25.1 Å². The zero-order chi connectivity index (χ0) is 21.3. The third-order valence-corrected chi connectivity index (χ3v) is 5.70. The fourth-order valence-electron chi connectivity index (χ4n) is 3.89. The Morgan fingerprint density at radius 1 is 1.23 bits per heavy atom. The van der Waals surface area contributed by atoms with E-state index in [1.165, 1.54) is 12.7 Å². The van der Waals surface area contributed by atoms with Crippen LogP contribution in [0.4, 0.5) is 5.69 Å². The van der Waals surface area contributed by atoms with Crippen LogP contribution in [-0.4, -0.2) is 45.7 Å². The first kappa shape index (κ1) is 20.2. The van der Waals surface area contributed by atoms with Gasteiger partial charge in [0.15, 0.2) is 0 Å². The topological polar surface area (TPSA) is 82.2 Å². The first-order valence-corrected chi connectivity index (χ1v) is 10.0. The highest BCUT2D eigenvalue weighted by Gasteiger charge is 2.27. The molecule has 0 bridgehead atoms. The summed E-state index contributed by atoms with van der Waals surface area (Å²) in [5.74, 6) is -0.0926. The highest BCUT2D eigenvalue weighted by molar-refractivity contribution is 6.33. The number of aromatic nitrogens is 4. The number of nitrogens with zero attached hydrogens (tertiary/aromatic N) is 5. The van der Waals surface area contributed by atoms with Gasteiger partial charge in [-0.25, -0.2) is 4.79 Å². The average Bonchev–Trinajstić information content (AvgIpc) is 3.38. The molecule has 0 spiro atoms. The van der Waals surface area contributed by atoms with Crippen molar-refractivity contribution in [3.05, 3.63) is 69.4 Å². The van der Waals surface area contributed by atoms with Crippen LogP contribution in [0.3, 0.4) is 0 Å². The molecule has 30 heavy (non-hydrogen) atoms. The molecule has 0 amide bonds. The van der Waals surface area contributed by atoms with Crippen LogP contribution in [0.5, 0.6) is 0 Å². The van der Waals surface area contributed by atoms with E-state index >= 15 is 0 Å². The first-order valence-electron chi connectivity index (χ1n) is 9.66. The smallest absolute Gasteiger partial charge is 0.340 e. The second kappa shape index (κ2) is 8.31. The number of rotatable bonds is 5. The maximum absolute atomic E-state index is 13.0. The fourth-order valence-corrected chi connectivity index (χ4v) is 4.13. The number of esters is 1. The number of benzene rings is 1. The van der Waals surface area contributed by atoms with Crippen molar-refractivity contribution in [1.29, 1.82) is 0 Å². The number of anilines is 1. The Morgan fingerprint density at radius 2 is 2.03 bits per heavy atom. The zero-order valence-corrected chi connectivity index (χ0v) is 17.5. The predicted octanol–water partition coefficient (Wildman–Crippen LogP) is 2.48. The molecule has 4 rings (SSSR count). The van der Waals surface area contributed by atoms with Gasteiger partial charge < -0.3 is 9.64 Å². The average molecular weight is 428 g/mol. The van der Waals surface area contributed by atoms with E-state index in [1.807, 2.05) is 19.4 Å². The Hall–Kier alpha value is -3.13. The van der Waals surface area contributed by atoms with Crippen LogP contribution in [0.2, 0.25) is 5.02 Å². The van der Waals surface area contributed by atoms with Crippen LogP contribution >= 0.6 is 11.6 Å². The standard InChI is InChI=1S/C21H22ClN5O3/c1-25-12-15(10-23-25)9-14-7-8-26(13-14)18-11-24-27(20(28)19(18)22)17-6-4-3-5-16(17)21(29)30-2/h3-6,10-12,14H,7-9,13H2,1-2H3. The summed E-state index contributed by atoms with van der Waals surface area (Å²) in [4.78, 5) is 27.1. The molecule has 1 fully saturated rings. The van der Waals surface area contributed by atoms with Gasteiger partial charge in [0.05, 0.1) is 36.4 Å². The molecule has 1 aromatic carbocycles. The van der Waals surface area contributed by atoms with Crippen LogP contribution < -0.4 is 10.5 Å². The molecule has 1 unspecified atom stereocenters. The Balaban J connectivity index is 1.59. The molecule has 156 valence electrons. The summed E-state index contributed by atoms with van der Waals surface area (Å²) in [6, 6.07) is 6.64. The number of hydrogen-bond acceptors (Lipinski definition) is 6. The summed E-state index contributed by atoms with van der Waals surface area (Å²) in [6.45, 7) is 1.59. The van der Waals surface area contributed by atoms with Gasteiger partial charge in [-0.2, -0.15) is 14.9 Å². The van der Waals surface area contributed by atoms with Crippen molar-refractivity contribution in [2.45, 2.75) is 12.8 Å². The van der Waals surface area contributed by atoms with Gasteiger partial charge in [0, 0.05) is 26.3 Å². The molecule has 1 atom stereocenters. The molecule has 2 aromatic heterocycles. The molecule has 8 nitrogen and oxygen atoms in total. The van der Waals surface area contributed by atoms with Crippen molar-refractivity contribution < 1.29 is 9.53 Å². The van der Waals surface area contributed by atoms with E-state index < -0.39 is 11.5 Å². The second-order valence-electron chi connectivity index (χ2n) is 7.40. The Morgan fingerprint density at radius 3 is 2.77 bits per heavy atom. The van der Waals surface area contributed by atoms with Gasteiger partial charge in [-0.1, -0.05) is 23.7 Å². The molecule has 1 aliphatic heterocycles. The lowest BCUT2D eigenvalue weighted by atomic mass is 10.0. The number of hydrogen-bond donors (Lipinski definition) is 0. The summed E-state index contributed by atoms with van der Waals surface area (Å²) in [5.41, 5.74) is 1.92. The Kier molecular flexibility index (Phi) is 5.59. The van der Waals surface area contributed by atoms with Crippen LogP contribution in [0.1, 0.15) is 22.3 Å². The summed E-state index contributed by atoms with van der Waals surface area (Å²) < 4.78 is 7.75. The van der Waals surface area contributed by atoms with E-state index in [4.69, 9.17) is 16.3 Å². The van der Waals surface area contributed by atoms with E-state index in [0.717, 1.165) is 30.6 Å². The quantitative estimate of drug-likeness (QED) is 0.582. The van der Waals surface area contributed by atoms with Crippen LogP contribution in [0, 0.1) is 5.92 Å². The minimum atomic E-state index is -0.544. The lowest BCUT2D eigenvalue weighted by Crippen LogP contribution is -2.28. The van der Waals surface area contributed by atoms with E-state index in [9.17, 15) is 9.59 Å². The monoisotopic (exact) mass is 427 g/mol. The number of aryl methyl sites for hydroxylation is 1. The van der Waals surface area contributed by atoms with Gasteiger partial charge in [0.1, 0.15) is 5.02 Å². The molecule has 1 saturated heterocycles. The van der Waals surface area contributed by atoms with Crippen molar-refractivity contribution in [1.82, 2.24) is 19.6 Å². The summed E-state index contributed by atoms with van der Waals surface area (Å²) in [5, 5.41) is 8.61. The number of carbonyl (C=O) groups is 1. The van der Waals surface area contributed by atoms with E-state index in [-0.39, 0.29) is 10.6 Å². The minimum absolute atomic E-state index is 0.0895. The Labute approximate surface area is 178 Å². The predicted molar refractivity (Wildman–Crippen MR) is 113 cm³/mol. The number of ether oxygens (including phenoxy) is 1. The van der Waals surface area contributed by atoms with E-state index in [2.05, 4.69) is 15.1 Å². The maximum Gasteiger partial charge on any atom is 0.340 e. The molecule has 3 aromatic rings. The van der Waals surface area contributed by atoms with Crippen molar-refractivity contribution in [3.8, 4) is 5.69 Å². The molecule has 0 radical (unpaired) electrons. The summed E-state index contributed by atoms with van der Waals surface area (Å²) in [7, 11) is 3.20. The van der Waals surface area contributed by atoms with Crippen molar-refractivity contribution in [2.24, 2.45) is 13.0 Å². The highest BCUT2D eigenvalue weighted by atomic mass is 35.5. The second-order valence-corrected chi connectivity index (χ2v) is 7.77. The number of carbonyl (C=O) groups excluding carboxylic acids is 1. The van der Waals surface area contributed by atoms with Crippen molar-refractivity contribution >= 4 is 23.3 Å². The van der Waals surface area contributed by atoms with Gasteiger partial charge in [0.2, 0.25) is 0 Å². The van der Waals surface area contributed by atoms with Crippen LogP contribution in [0.15, 0.2) is 47.7 Å². The number of methoxy groups -OCH3 is 1. The van der Waals surface area contributed by atoms with Gasteiger partial charge in [-0.05, 0) is 36.5 Å². The lowest BCUT2D eigenvalue weighted by Gasteiger charge is -2.20. The van der Waals surface area contributed by atoms with Gasteiger partial charge in [-0.15, -0.1) is 0 Å². The van der Waals surface area contributed by atoms with Gasteiger partial charge >= 0.3 is 5.97 Å². The molecular formula is C21H22ClN5O3. The van der Waals surface area contributed by atoms with Crippen LogP contribution in [0.25, 0.3) is 5.69 Å². The number of halogens is 1. The van der Waals surface area contributed by atoms with Crippen LogP contribution in [-0.2, 0) is 18.2 Å². The third kappa shape index (κ3) is 3.82. The maximum atomic E-state index is 13.0. The van der Waals surface area contributed by atoms with Gasteiger partial charge in [0.25, 0.3) is 5.56 Å². The van der Waals surface area contributed by atoms with E-state index in [0.29, 0.717) is 17.3 Å². The lowest BCUT2D eigenvalue weighted by molar-refractivity contribution is 0.0600. The Bertz CT molecular complexity index is 1140. The molecule has 1 aliphatic rings. The molecule has 3 heterocycles. The summed E-state index contributed by atoms with van der Waals surface area (Å²) in [6.07, 6.45) is 7.43. The largest absolute Gasteiger partial charge is 0.465 e. The normalized spacial score (nSPS) is 16.1. The molecule has 0 saturated carbocycles. The highest BCUT2D eigenvalue weighted by Crippen LogP contribution is 2.29. The van der Waals surface area contributed by atoms with Crippen molar-refractivity contribution in [3.63, 3.8) is 0 Å². The zero-order valence-electron chi connectivity index (χ0n) is 16.8. The fraction of sp³-hybridized carbons (Fsp3) is 0.333. The summed E-state index contributed by atoms with van der Waals surface area (Å²) >= 11 is 6.46. The molecule has 0 N–H and O–H groups in total. The van der Waals surface area contributed by atoms with E-state index in [1.54, 1.807) is 35.1 Å². The molecular weight excluding hydrogens is 406 g/mol.